The Bertz CT molecular complexity index is 1600. The Balaban J connectivity index is 1.09. The number of aromatic nitrogens is 2. The molecule has 0 amide bonds. The van der Waals surface area contributed by atoms with E-state index in [1.807, 2.05) is 12.1 Å². The van der Waals surface area contributed by atoms with Crippen LogP contribution in [0.4, 0.5) is 18.9 Å². The predicted octanol–water partition coefficient (Wildman–Crippen LogP) is 6.67. The number of carboxylic acids is 1. The van der Waals surface area contributed by atoms with Crippen LogP contribution < -0.4 is 9.64 Å². The lowest BCUT2D eigenvalue weighted by atomic mass is 9.98. The number of benzene rings is 2. The lowest BCUT2D eigenvalue weighted by Gasteiger charge is -2.40. The molecule has 2 aromatic carbocycles. The van der Waals surface area contributed by atoms with E-state index in [1.165, 1.54) is 12.1 Å². The molecular formula is C29H26F3N3O6. The van der Waals surface area contributed by atoms with Crippen LogP contribution in [0.2, 0.25) is 0 Å². The summed E-state index contributed by atoms with van der Waals surface area (Å²) in [5.74, 6) is -0.603. The van der Waals surface area contributed by atoms with Crippen molar-refractivity contribution in [3.05, 3.63) is 59.5 Å². The van der Waals surface area contributed by atoms with Crippen molar-refractivity contribution < 1.29 is 41.6 Å². The molecule has 12 heteroatoms. The maximum atomic E-state index is 13.1. The highest BCUT2D eigenvalue weighted by atomic mass is 19.4. The smallest absolute Gasteiger partial charge is 0.476 e. The van der Waals surface area contributed by atoms with E-state index in [-0.39, 0.29) is 47.7 Å². The molecule has 0 radical (unpaired) electrons. The molecule has 7 rings (SSSR count). The molecule has 1 aliphatic carbocycles. The van der Waals surface area contributed by atoms with Crippen LogP contribution in [-0.4, -0.2) is 45.9 Å². The summed E-state index contributed by atoms with van der Waals surface area (Å²) in [6.45, 7) is 0.178. The van der Waals surface area contributed by atoms with Crippen molar-refractivity contribution in [3.63, 3.8) is 0 Å². The van der Waals surface area contributed by atoms with Gasteiger partial charge in [-0.15, -0.1) is 13.2 Å². The molecule has 1 saturated carbocycles. The van der Waals surface area contributed by atoms with Crippen LogP contribution in [0.3, 0.4) is 0 Å². The second-order valence-electron chi connectivity index (χ2n) is 10.9. The molecule has 1 N–H and O–H groups in total. The highest BCUT2D eigenvalue weighted by Gasteiger charge is 2.42. The fourth-order valence-electron chi connectivity index (χ4n) is 6.34. The van der Waals surface area contributed by atoms with Crippen LogP contribution in [0.15, 0.2) is 51.5 Å². The van der Waals surface area contributed by atoms with E-state index in [1.54, 1.807) is 18.2 Å². The third kappa shape index (κ3) is 4.90. The van der Waals surface area contributed by atoms with Gasteiger partial charge in [-0.3, -0.25) is 0 Å². The number of alkyl halides is 3. The summed E-state index contributed by atoms with van der Waals surface area (Å²) >= 11 is 0. The highest BCUT2D eigenvalue weighted by molar-refractivity contribution is 6.00. The number of halogens is 3. The average Bonchev–Trinajstić information content (AvgIpc) is 3.44. The van der Waals surface area contributed by atoms with E-state index in [4.69, 9.17) is 13.8 Å². The van der Waals surface area contributed by atoms with Gasteiger partial charge in [-0.2, -0.15) is 0 Å². The number of nitrogens with zero attached hydrogens (tertiary/aromatic N) is 3. The summed E-state index contributed by atoms with van der Waals surface area (Å²) < 4.78 is 60.9. The number of carboxylic acid groups (broad SMARTS) is 1. The fraction of sp³-hybridized carbons (Fsp3) is 0.414. The molecule has 4 heterocycles. The van der Waals surface area contributed by atoms with Crippen LogP contribution in [-0.2, 0) is 11.3 Å². The molecule has 2 bridgehead atoms. The Kier molecular flexibility index (Phi) is 6.18. The average molecular weight is 570 g/mol. The van der Waals surface area contributed by atoms with E-state index < -0.39 is 12.3 Å². The van der Waals surface area contributed by atoms with Gasteiger partial charge in [-0.25, -0.2) is 4.79 Å². The van der Waals surface area contributed by atoms with Crippen molar-refractivity contribution in [2.24, 2.45) is 0 Å². The molecule has 2 saturated heterocycles. The van der Waals surface area contributed by atoms with Crippen LogP contribution in [0.5, 0.6) is 5.75 Å². The summed E-state index contributed by atoms with van der Waals surface area (Å²) in [7, 11) is 0. The number of aromatic carboxylic acids is 1. The molecule has 2 aromatic heterocycles. The van der Waals surface area contributed by atoms with Gasteiger partial charge in [0.2, 0.25) is 0 Å². The fourth-order valence-corrected chi connectivity index (χ4v) is 6.34. The minimum atomic E-state index is -4.83. The van der Waals surface area contributed by atoms with Crippen LogP contribution in [0.25, 0.3) is 22.2 Å². The number of ether oxygens (including phenoxy) is 2. The normalized spacial score (nSPS) is 22.4. The molecule has 0 spiro atoms. The Hall–Kier alpha value is -4.06. The highest BCUT2D eigenvalue weighted by Crippen LogP contribution is 2.46. The predicted molar refractivity (Wildman–Crippen MR) is 139 cm³/mol. The van der Waals surface area contributed by atoms with Crippen molar-refractivity contribution in [2.75, 3.05) is 4.90 Å². The van der Waals surface area contributed by atoms with Crippen molar-refractivity contribution in [1.29, 1.82) is 0 Å². The van der Waals surface area contributed by atoms with Gasteiger partial charge in [0.15, 0.2) is 11.3 Å². The van der Waals surface area contributed by atoms with Crippen molar-refractivity contribution in [1.82, 2.24) is 10.3 Å². The van der Waals surface area contributed by atoms with E-state index in [0.717, 1.165) is 44.2 Å². The molecule has 9 nitrogen and oxygen atoms in total. The molecular weight excluding hydrogens is 543 g/mol. The first-order chi connectivity index (χ1) is 19.7. The maximum Gasteiger partial charge on any atom is 0.573 e. The van der Waals surface area contributed by atoms with E-state index >= 15 is 0 Å². The zero-order chi connectivity index (χ0) is 28.3. The van der Waals surface area contributed by atoms with E-state index in [2.05, 4.69) is 20.0 Å². The van der Waals surface area contributed by atoms with Gasteiger partial charge in [0.25, 0.3) is 0 Å². The number of piperidine rings is 1. The molecule has 3 fully saturated rings. The van der Waals surface area contributed by atoms with Gasteiger partial charge < -0.3 is 28.5 Å². The van der Waals surface area contributed by atoms with E-state index in [9.17, 15) is 23.1 Å². The third-order valence-electron chi connectivity index (χ3n) is 8.24. The quantitative estimate of drug-likeness (QED) is 0.249. The van der Waals surface area contributed by atoms with Gasteiger partial charge >= 0.3 is 12.3 Å². The lowest BCUT2D eigenvalue weighted by Crippen LogP contribution is -2.45. The molecule has 4 aromatic rings. The standard InChI is InChI=1S/C29H26F3N3O6/c30-29(31,32)39-23-4-2-1-3-20(23)25-22(27(41-33-25)15-5-6-15)14-38-19-11-16-7-8-17(12-19)35(16)18-9-10-21-24(13-18)40-34-26(21)28(36)37/h1-4,9-10,13,15-17,19H,5-8,11-12,14H2,(H,36,37)/t16-,17?,19?/m0/s1. The first-order valence-electron chi connectivity index (χ1n) is 13.6. The molecule has 41 heavy (non-hydrogen) atoms. The number of anilines is 1. The summed E-state index contributed by atoms with van der Waals surface area (Å²) in [6.07, 6.45) is 0.535. The van der Waals surface area contributed by atoms with E-state index in [0.29, 0.717) is 28.0 Å². The lowest BCUT2D eigenvalue weighted by molar-refractivity contribution is -0.274. The van der Waals surface area contributed by atoms with Gasteiger partial charge in [0.05, 0.1) is 18.1 Å². The maximum absolute atomic E-state index is 13.1. The molecule has 3 atom stereocenters. The minimum Gasteiger partial charge on any atom is -0.476 e. The summed E-state index contributed by atoms with van der Waals surface area (Å²) in [5.41, 5.74) is 2.48. The molecule has 3 aliphatic rings. The first-order valence-corrected chi connectivity index (χ1v) is 13.6. The van der Waals surface area contributed by atoms with Crippen molar-refractivity contribution in [2.45, 2.75) is 75.6 Å². The first kappa shape index (κ1) is 25.9. The van der Waals surface area contributed by atoms with Gasteiger partial charge in [0.1, 0.15) is 17.2 Å². The van der Waals surface area contributed by atoms with Crippen molar-refractivity contribution >= 4 is 22.6 Å². The third-order valence-corrected chi connectivity index (χ3v) is 8.24. The SMILES string of the molecule is O=C(O)c1noc2cc(N3C4CC[C@H]3CC(OCc3c(-c5ccccc5OC(F)(F)F)noc3C3CC3)C4)ccc12. The Morgan fingerprint density at radius 2 is 1.78 bits per heavy atom. The summed E-state index contributed by atoms with van der Waals surface area (Å²) in [5, 5.41) is 17.6. The molecule has 2 unspecified atom stereocenters. The van der Waals surface area contributed by atoms with Crippen LogP contribution in [0.1, 0.15) is 66.3 Å². The minimum absolute atomic E-state index is 0.0483. The topological polar surface area (TPSA) is 111 Å². The Morgan fingerprint density at radius 1 is 1.02 bits per heavy atom. The van der Waals surface area contributed by atoms with Crippen LogP contribution in [0, 0.1) is 0 Å². The zero-order valence-electron chi connectivity index (χ0n) is 21.8. The van der Waals surface area contributed by atoms with Gasteiger partial charge in [0, 0.05) is 40.9 Å². The number of carbonyl (C=O) groups is 1. The molecule has 2 aliphatic heterocycles. The summed E-state index contributed by atoms with van der Waals surface area (Å²) in [4.78, 5) is 13.7. The number of fused-ring (bicyclic) bond motifs is 3. The second-order valence-corrected chi connectivity index (χ2v) is 10.9. The summed E-state index contributed by atoms with van der Waals surface area (Å²) in [6, 6.07) is 11.9. The van der Waals surface area contributed by atoms with Gasteiger partial charge in [-0.1, -0.05) is 22.4 Å². The number of rotatable bonds is 8. The number of hydrogen-bond donors (Lipinski definition) is 1. The van der Waals surface area contributed by atoms with Crippen molar-refractivity contribution in [3.8, 4) is 17.0 Å². The Morgan fingerprint density at radius 3 is 2.49 bits per heavy atom. The van der Waals surface area contributed by atoms with Gasteiger partial charge in [-0.05, 0) is 62.8 Å². The number of hydrogen-bond acceptors (Lipinski definition) is 8. The second kappa shape index (κ2) is 9.79. The monoisotopic (exact) mass is 569 g/mol. The molecule has 214 valence electrons. The largest absolute Gasteiger partial charge is 0.573 e. The van der Waals surface area contributed by atoms with Crippen LogP contribution >= 0.6 is 0 Å². The zero-order valence-corrected chi connectivity index (χ0v) is 21.8. The Labute approximate surface area is 231 Å². The number of para-hydroxylation sites is 1.